The van der Waals surface area contributed by atoms with Crippen molar-refractivity contribution in [3.63, 3.8) is 0 Å². The van der Waals surface area contributed by atoms with Gasteiger partial charge in [0.1, 0.15) is 0 Å². The van der Waals surface area contributed by atoms with Crippen molar-refractivity contribution in [3.05, 3.63) is 167 Å². The molecule has 0 radical (unpaired) electrons. The van der Waals surface area contributed by atoms with Crippen LogP contribution in [0.4, 0.5) is 8.78 Å². The van der Waals surface area contributed by atoms with Gasteiger partial charge in [-0.1, -0.05) is 87.4 Å². The standard InChI is InChI=1S/C17H13.C13H8F2.C11H17.2ClH.Zr/c1-3-12-5-7-14-11-15-8-6-13(4-2)10-17(15)16(14)9-12;14-12-5-1-10(2-6-12)9-11-3-7-13(15)8-4-11;1-5-9-6-7-10(8-9)11(2,3)4;;;/h3-7,9-10H,1-2,11H2;1-8H;7-9H,5H2,1-4H3;2*1H;/q-1;;-1;;;+2/p-2. The Balaban J connectivity index is 0.000000241. The van der Waals surface area contributed by atoms with Crippen LogP contribution >= 0.6 is 0 Å². The Morgan fingerprint density at radius 2 is 1.39 bits per heavy atom. The van der Waals surface area contributed by atoms with Crippen LogP contribution < -0.4 is 24.8 Å². The third-order valence-corrected chi connectivity index (χ3v) is 9.14. The molecular weight excluding hydrogens is 693 g/mol. The van der Waals surface area contributed by atoms with Crippen LogP contribution in [0.25, 0.3) is 23.3 Å². The molecule has 0 saturated heterocycles. The molecule has 0 spiro atoms. The Hall–Kier alpha value is -2.97. The van der Waals surface area contributed by atoms with E-state index in [1.54, 1.807) is 24.3 Å². The molecule has 1 atom stereocenters. The molecule has 0 fully saturated rings. The summed E-state index contributed by atoms with van der Waals surface area (Å²) in [7, 11) is 0. The maximum atomic E-state index is 12.8. The molecule has 0 heterocycles. The van der Waals surface area contributed by atoms with E-state index in [2.05, 4.69) is 89.4 Å². The van der Waals surface area contributed by atoms with Crippen molar-refractivity contribution in [2.24, 2.45) is 11.3 Å². The van der Waals surface area contributed by atoms with Crippen LogP contribution in [0, 0.1) is 35.1 Å². The van der Waals surface area contributed by atoms with Gasteiger partial charge < -0.3 is 24.8 Å². The van der Waals surface area contributed by atoms with E-state index in [0.29, 0.717) is 11.3 Å². The number of halogens is 4. The zero-order valence-electron chi connectivity index (χ0n) is 26.7. The van der Waals surface area contributed by atoms with Crippen LogP contribution in [-0.4, -0.2) is 3.21 Å². The third-order valence-electron chi connectivity index (χ3n) is 7.72. The summed E-state index contributed by atoms with van der Waals surface area (Å²) in [6.07, 6.45) is 13.7. The minimum atomic E-state index is -0.244. The molecule has 46 heavy (non-hydrogen) atoms. The molecule has 4 aromatic carbocycles. The van der Waals surface area contributed by atoms with Gasteiger partial charge in [0.25, 0.3) is 0 Å². The molecule has 0 saturated carbocycles. The third kappa shape index (κ3) is 10.3. The normalized spacial score (nSPS) is 13.7. The minimum Gasteiger partial charge on any atom is -1.00 e. The summed E-state index contributed by atoms with van der Waals surface area (Å²) in [4.78, 5) is 0. The van der Waals surface area contributed by atoms with E-state index in [9.17, 15) is 8.78 Å². The van der Waals surface area contributed by atoms with Gasteiger partial charge in [-0.05, 0) is 12.0 Å². The molecule has 0 nitrogen and oxygen atoms in total. The predicted molar refractivity (Wildman–Crippen MR) is 179 cm³/mol. The maximum absolute atomic E-state index is 12.8. The first-order valence-corrected chi connectivity index (χ1v) is 16.1. The second-order valence-electron chi connectivity index (χ2n) is 11.9. The van der Waals surface area contributed by atoms with Gasteiger partial charge in [0.05, 0.1) is 0 Å². The van der Waals surface area contributed by atoms with Crippen molar-refractivity contribution < 1.29 is 57.8 Å². The zero-order chi connectivity index (χ0) is 31.9. The quantitative estimate of drug-likeness (QED) is 0.229. The van der Waals surface area contributed by atoms with Crippen molar-refractivity contribution in [3.8, 4) is 11.1 Å². The van der Waals surface area contributed by atoms with Crippen molar-refractivity contribution in [2.75, 3.05) is 0 Å². The molecule has 2 aliphatic rings. The van der Waals surface area contributed by atoms with Crippen LogP contribution in [0.1, 0.15) is 67.5 Å². The van der Waals surface area contributed by atoms with Crippen molar-refractivity contribution in [2.45, 2.75) is 40.5 Å². The molecule has 0 N–H and O–H groups in total. The molecule has 5 heteroatoms. The SMILES string of the molecule is C=Cc1c[c-]c2c(c1)-c1cc(C=C)ccc1C2.CCC1[C-]=CC(C(C)(C)C)=C1.Fc1ccc([C](=[Zr+2])c2ccc(F)cc2)cc1.[Cl-].[Cl-]. The summed E-state index contributed by atoms with van der Waals surface area (Å²) in [5.74, 6) is 0.0853. The fourth-order valence-corrected chi connectivity index (χ4v) is 5.80. The van der Waals surface area contributed by atoms with E-state index >= 15 is 0 Å². The van der Waals surface area contributed by atoms with Gasteiger partial charge in [-0.15, -0.1) is 23.8 Å². The van der Waals surface area contributed by atoms with Crippen LogP contribution in [0.3, 0.4) is 0 Å². The summed E-state index contributed by atoms with van der Waals surface area (Å²) < 4.78 is 26.6. The molecule has 236 valence electrons. The minimum absolute atomic E-state index is 0. The first-order chi connectivity index (χ1) is 21.0. The molecule has 2 aliphatic carbocycles. The second kappa shape index (κ2) is 17.8. The summed E-state index contributed by atoms with van der Waals surface area (Å²) in [6, 6.07) is 26.8. The van der Waals surface area contributed by atoms with E-state index in [1.807, 2.05) is 18.2 Å². The van der Waals surface area contributed by atoms with Gasteiger partial charge in [0.15, 0.2) is 0 Å². The topological polar surface area (TPSA) is 0 Å². The Bertz CT molecular complexity index is 1610. The largest absolute Gasteiger partial charge is 1.00 e. The number of allylic oxidation sites excluding steroid dienone is 4. The average Bonchev–Trinajstić information content (AvgIpc) is 3.67. The van der Waals surface area contributed by atoms with Gasteiger partial charge in [0, 0.05) is 0 Å². The van der Waals surface area contributed by atoms with Crippen LogP contribution in [-0.2, 0) is 30.7 Å². The molecule has 0 aromatic heterocycles. The molecule has 0 aliphatic heterocycles. The van der Waals surface area contributed by atoms with Gasteiger partial charge in [-0.3, -0.25) is 6.08 Å². The van der Waals surface area contributed by atoms with Crippen LogP contribution in [0.2, 0.25) is 0 Å². The molecule has 0 bridgehead atoms. The Labute approximate surface area is 301 Å². The molecule has 1 unspecified atom stereocenters. The predicted octanol–water partition coefficient (Wildman–Crippen LogP) is 4.79. The summed E-state index contributed by atoms with van der Waals surface area (Å²) in [6.45, 7) is 16.6. The van der Waals surface area contributed by atoms with E-state index < -0.39 is 0 Å². The molecule has 0 amide bonds. The molecule has 6 rings (SSSR count). The van der Waals surface area contributed by atoms with E-state index in [-0.39, 0.29) is 36.4 Å². The second-order valence-corrected chi connectivity index (χ2v) is 13.1. The summed E-state index contributed by atoms with van der Waals surface area (Å²) in [5.41, 5.74) is 11.3. The smallest absolute Gasteiger partial charge is 1.00 e. The van der Waals surface area contributed by atoms with Crippen molar-refractivity contribution >= 4 is 15.4 Å². The Morgan fingerprint density at radius 3 is 1.85 bits per heavy atom. The van der Waals surface area contributed by atoms with Gasteiger partial charge in [-0.2, -0.15) is 35.4 Å². The van der Waals surface area contributed by atoms with Crippen molar-refractivity contribution in [1.82, 2.24) is 0 Å². The Morgan fingerprint density at radius 1 is 0.848 bits per heavy atom. The van der Waals surface area contributed by atoms with Gasteiger partial charge in [0.2, 0.25) is 0 Å². The summed E-state index contributed by atoms with van der Waals surface area (Å²) in [5, 5.41) is 0. The van der Waals surface area contributed by atoms with E-state index in [1.165, 1.54) is 88.3 Å². The van der Waals surface area contributed by atoms with E-state index in [4.69, 9.17) is 0 Å². The number of fused-ring (bicyclic) bond motifs is 3. The van der Waals surface area contributed by atoms with Crippen LogP contribution in [0.15, 0.2) is 110 Å². The first-order valence-electron chi connectivity index (χ1n) is 14.9. The van der Waals surface area contributed by atoms with Gasteiger partial charge >= 0.3 is 108 Å². The van der Waals surface area contributed by atoms with Crippen LogP contribution in [0.5, 0.6) is 0 Å². The number of rotatable bonds is 5. The number of benzene rings is 4. The monoisotopic (exact) mass is 728 g/mol. The molecular formula is C41H38Cl2F2Zr-2. The fraction of sp³-hybridized carbons (Fsp3) is 0.195. The van der Waals surface area contributed by atoms with Gasteiger partial charge in [-0.25, -0.2) is 6.08 Å². The first kappa shape index (κ1) is 39.2. The average molecular weight is 731 g/mol. The van der Waals surface area contributed by atoms with E-state index in [0.717, 1.165) is 26.3 Å². The Kier molecular flexibility index (Phi) is 15.2. The molecule has 4 aromatic rings. The fourth-order valence-electron chi connectivity index (χ4n) is 4.98. The maximum Gasteiger partial charge on any atom is -1.00 e. The summed E-state index contributed by atoms with van der Waals surface area (Å²) >= 11 is 1.22. The number of hydrogen-bond donors (Lipinski definition) is 0. The number of hydrogen-bond acceptors (Lipinski definition) is 0. The van der Waals surface area contributed by atoms with Crippen molar-refractivity contribution in [1.29, 1.82) is 0 Å². The zero-order valence-corrected chi connectivity index (χ0v) is 30.7.